The molecule has 0 saturated heterocycles. The number of carbonyl (C=O) groups excluding carboxylic acids is 2. The molecule has 2 aromatic heterocycles. The molecule has 0 atom stereocenters. The number of rotatable bonds is 6. The number of esters is 1. The zero-order valence-corrected chi connectivity index (χ0v) is 21.5. The Morgan fingerprint density at radius 1 is 0.838 bits per heavy atom. The normalized spacial score (nSPS) is 10.8. The summed E-state index contributed by atoms with van der Waals surface area (Å²) in [6.07, 6.45) is 0. The zero-order chi connectivity index (χ0) is 25.9. The molecule has 5 aromatic rings. The van der Waals surface area contributed by atoms with Crippen LogP contribution in [0, 0.1) is 13.8 Å². The number of aromatic nitrogens is 2. The molecule has 0 fully saturated rings. The van der Waals surface area contributed by atoms with Crippen LogP contribution in [0.5, 0.6) is 5.88 Å². The van der Waals surface area contributed by atoms with Crippen molar-refractivity contribution in [3.8, 4) is 34.0 Å². The fourth-order valence-electron chi connectivity index (χ4n) is 3.99. The van der Waals surface area contributed by atoms with E-state index in [-0.39, 0.29) is 5.91 Å². The van der Waals surface area contributed by atoms with Crippen molar-refractivity contribution in [2.75, 3.05) is 5.32 Å². The number of thiophene rings is 1. The second-order valence-corrected chi connectivity index (χ2v) is 9.69. The fourth-order valence-corrected chi connectivity index (χ4v) is 4.61. The van der Waals surface area contributed by atoms with Gasteiger partial charge in [0.2, 0.25) is 5.88 Å². The SMILES string of the molecule is CC(=O)Oc1c(-c2ccc(NC(=O)c3cccs3)cc2)c(-c2ccc(C)cc2)nn1-c1ccc(C)cc1. The highest BCUT2D eigenvalue weighted by Gasteiger charge is 2.24. The molecular weight excluding hydrogens is 482 g/mol. The maximum atomic E-state index is 12.5. The van der Waals surface area contributed by atoms with Gasteiger partial charge in [-0.2, -0.15) is 9.78 Å². The highest BCUT2D eigenvalue weighted by Crippen LogP contribution is 2.41. The molecule has 1 amide bonds. The molecule has 5 rings (SSSR count). The van der Waals surface area contributed by atoms with Crippen LogP contribution in [0.4, 0.5) is 5.69 Å². The van der Waals surface area contributed by atoms with Crippen molar-refractivity contribution in [3.63, 3.8) is 0 Å². The van der Waals surface area contributed by atoms with Gasteiger partial charge in [-0.1, -0.05) is 65.7 Å². The number of anilines is 1. The van der Waals surface area contributed by atoms with Gasteiger partial charge in [0.25, 0.3) is 5.91 Å². The number of benzene rings is 3. The molecule has 0 aliphatic heterocycles. The lowest BCUT2D eigenvalue weighted by atomic mass is 10.00. The molecule has 7 heteroatoms. The van der Waals surface area contributed by atoms with Crippen LogP contribution >= 0.6 is 11.3 Å². The molecule has 0 radical (unpaired) electrons. The maximum absolute atomic E-state index is 12.5. The maximum Gasteiger partial charge on any atom is 0.309 e. The molecule has 0 saturated carbocycles. The first-order chi connectivity index (χ1) is 17.9. The van der Waals surface area contributed by atoms with Gasteiger partial charge in [0.1, 0.15) is 5.69 Å². The lowest BCUT2D eigenvalue weighted by Gasteiger charge is -2.10. The van der Waals surface area contributed by atoms with E-state index in [0.717, 1.165) is 27.9 Å². The predicted molar refractivity (Wildman–Crippen MR) is 147 cm³/mol. The molecule has 0 spiro atoms. The van der Waals surface area contributed by atoms with E-state index in [1.807, 2.05) is 98.1 Å². The van der Waals surface area contributed by atoms with Crippen LogP contribution in [0.2, 0.25) is 0 Å². The largest absolute Gasteiger partial charge is 0.407 e. The van der Waals surface area contributed by atoms with E-state index in [9.17, 15) is 9.59 Å². The number of nitrogens with zero attached hydrogens (tertiary/aromatic N) is 2. The third-order valence-corrected chi connectivity index (χ3v) is 6.73. The van der Waals surface area contributed by atoms with Gasteiger partial charge < -0.3 is 10.1 Å². The number of amides is 1. The van der Waals surface area contributed by atoms with E-state index < -0.39 is 5.97 Å². The van der Waals surface area contributed by atoms with E-state index in [1.165, 1.54) is 18.3 Å². The minimum Gasteiger partial charge on any atom is -0.407 e. The van der Waals surface area contributed by atoms with Gasteiger partial charge in [-0.05, 0) is 55.1 Å². The number of carbonyl (C=O) groups is 2. The quantitative estimate of drug-likeness (QED) is 0.250. The molecular formula is C30H25N3O3S. The van der Waals surface area contributed by atoms with Gasteiger partial charge in [-0.25, -0.2) is 0 Å². The number of aryl methyl sites for hydroxylation is 2. The van der Waals surface area contributed by atoms with Crippen molar-refractivity contribution in [1.29, 1.82) is 0 Å². The summed E-state index contributed by atoms with van der Waals surface area (Å²) < 4.78 is 7.44. The van der Waals surface area contributed by atoms with Crippen LogP contribution < -0.4 is 10.1 Å². The summed E-state index contributed by atoms with van der Waals surface area (Å²) in [5.74, 6) is -0.261. The lowest BCUT2D eigenvalue weighted by Crippen LogP contribution is -2.10. The Kier molecular flexibility index (Phi) is 6.70. The van der Waals surface area contributed by atoms with Crippen LogP contribution in [0.25, 0.3) is 28.1 Å². The van der Waals surface area contributed by atoms with Gasteiger partial charge in [0.15, 0.2) is 0 Å². The summed E-state index contributed by atoms with van der Waals surface area (Å²) in [7, 11) is 0. The molecule has 6 nitrogen and oxygen atoms in total. The Bertz CT molecular complexity index is 1550. The third-order valence-electron chi connectivity index (χ3n) is 5.86. The molecule has 0 bridgehead atoms. The predicted octanol–water partition coefficient (Wildman–Crippen LogP) is 7.06. The van der Waals surface area contributed by atoms with Crippen LogP contribution in [-0.4, -0.2) is 21.7 Å². The molecule has 3 aromatic carbocycles. The first kappa shape index (κ1) is 24.2. The van der Waals surface area contributed by atoms with Crippen molar-refractivity contribution in [2.45, 2.75) is 20.8 Å². The second kappa shape index (κ2) is 10.2. The van der Waals surface area contributed by atoms with Crippen LogP contribution in [-0.2, 0) is 4.79 Å². The lowest BCUT2D eigenvalue weighted by molar-refractivity contribution is -0.132. The molecule has 0 aliphatic rings. The van der Waals surface area contributed by atoms with Crippen molar-refractivity contribution in [2.24, 2.45) is 0 Å². The standard InChI is InChI=1S/C30H25N3O3S/c1-19-6-10-23(11-7-19)28-27(22-12-14-24(15-13-22)31-29(35)26-5-4-18-37-26)30(36-21(3)34)33(32-28)25-16-8-20(2)9-17-25/h4-18H,1-3H3,(H,31,35). The summed E-state index contributed by atoms with van der Waals surface area (Å²) in [5, 5.41) is 9.71. The number of ether oxygens (including phenoxy) is 1. The van der Waals surface area contributed by atoms with Crippen LogP contribution in [0.1, 0.15) is 27.7 Å². The van der Waals surface area contributed by atoms with Crippen molar-refractivity contribution in [1.82, 2.24) is 9.78 Å². The second-order valence-electron chi connectivity index (χ2n) is 8.74. The minimum atomic E-state index is -0.440. The molecule has 2 heterocycles. The van der Waals surface area contributed by atoms with E-state index >= 15 is 0 Å². The average Bonchev–Trinajstić information content (AvgIpc) is 3.55. The number of hydrogen-bond acceptors (Lipinski definition) is 5. The van der Waals surface area contributed by atoms with E-state index in [2.05, 4.69) is 5.32 Å². The van der Waals surface area contributed by atoms with Crippen molar-refractivity contribution < 1.29 is 14.3 Å². The Labute approximate surface area is 219 Å². The third kappa shape index (κ3) is 5.22. The first-order valence-electron chi connectivity index (χ1n) is 11.8. The topological polar surface area (TPSA) is 73.2 Å². The molecule has 0 unspecified atom stereocenters. The molecule has 1 N–H and O–H groups in total. The monoisotopic (exact) mass is 507 g/mol. The average molecular weight is 508 g/mol. The van der Waals surface area contributed by atoms with Gasteiger partial charge >= 0.3 is 5.97 Å². The molecule has 184 valence electrons. The Hall–Kier alpha value is -4.49. The van der Waals surface area contributed by atoms with E-state index in [0.29, 0.717) is 27.7 Å². The number of hydrogen-bond donors (Lipinski definition) is 1. The van der Waals surface area contributed by atoms with Crippen molar-refractivity contribution in [3.05, 3.63) is 106 Å². The van der Waals surface area contributed by atoms with Gasteiger partial charge in [-0.15, -0.1) is 11.3 Å². The van der Waals surface area contributed by atoms with Crippen molar-refractivity contribution >= 4 is 28.9 Å². The summed E-state index contributed by atoms with van der Waals surface area (Å²) in [6.45, 7) is 5.43. The Balaban J connectivity index is 1.63. The summed E-state index contributed by atoms with van der Waals surface area (Å²) in [5.41, 5.74) is 6.77. The van der Waals surface area contributed by atoms with E-state index in [4.69, 9.17) is 9.84 Å². The zero-order valence-electron chi connectivity index (χ0n) is 20.7. The Morgan fingerprint density at radius 2 is 1.46 bits per heavy atom. The molecule has 37 heavy (non-hydrogen) atoms. The van der Waals surface area contributed by atoms with Crippen LogP contribution in [0.15, 0.2) is 90.3 Å². The number of nitrogens with one attached hydrogen (secondary N) is 1. The highest BCUT2D eigenvalue weighted by molar-refractivity contribution is 7.12. The smallest absolute Gasteiger partial charge is 0.309 e. The summed E-state index contributed by atoms with van der Waals surface area (Å²) in [6, 6.07) is 27.0. The summed E-state index contributed by atoms with van der Waals surface area (Å²) >= 11 is 1.39. The Morgan fingerprint density at radius 3 is 2.05 bits per heavy atom. The van der Waals surface area contributed by atoms with Gasteiger partial charge in [0, 0.05) is 18.2 Å². The fraction of sp³-hybridized carbons (Fsp3) is 0.100. The van der Waals surface area contributed by atoms with Gasteiger partial charge in [-0.3, -0.25) is 9.59 Å². The molecule has 0 aliphatic carbocycles. The highest BCUT2D eigenvalue weighted by atomic mass is 32.1. The van der Waals surface area contributed by atoms with Crippen LogP contribution in [0.3, 0.4) is 0 Å². The summed E-state index contributed by atoms with van der Waals surface area (Å²) in [4.78, 5) is 25.3. The van der Waals surface area contributed by atoms with E-state index in [1.54, 1.807) is 10.7 Å². The first-order valence-corrected chi connectivity index (χ1v) is 12.7. The minimum absolute atomic E-state index is 0.157. The van der Waals surface area contributed by atoms with Gasteiger partial charge in [0.05, 0.1) is 16.1 Å².